The average molecular weight is 461 g/mol. The Kier molecular flexibility index (Phi) is 7.37. The van der Waals surface area contributed by atoms with Crippen molar-refractivity contribution in [3.63, 3.8) is 0 Å². The monoisotopic (exact) mass is 460 g/mol. The molecular weight excluding hydrogens is 432 g/mol. The zero-order valence-electron chi connectivity index (χ0n) is 19.1. The highest BCUT2D eigenvalue weighted by Gasteiger charge is 2.24. The van der Waals surface area contributed by atoms with Crippen molar-refractivity contribution in [3.05, 3.63) is 76.3 Å². The zero-order chi connectivity index (χ0) is 23.9. The summed E-state index contributed by atoms with van der Waals surface area (Å²) < 4.78 is 5.70. The summed E-state index contributed by atoms with van der Waals surface area (Å²) in [7, 11) is 0. The summed E-state index contributed by atoms with van der Waals surface area (Å²) in [5.74, 6) is 0.203. The van der Waals surface area contributed by atoms with Gasteiger partial charge in [-0.2, -0.15) is 5.10 Å². The fourth-order valence-electron chi connectivity index (χ4n) is 4.43. The number of hydrogen-bond acceptors (Lipinski definition) is 6. The second kappa shape index (κ2) is 10.8. The lowest BCUT2D eigenvalue weighted by molar-refractivity contribution is -0.384. The molecule has 8 nitrogen and oxygen atoms in total. The molecule has 0 radical (unpaired) electrons. The third kappa shape index (κ3) is 5.33. The molecule has 1 heterocycles. The summed E-state index contributed by atoms with van der Waals surface area (Å²) >= 11 is 0. The molecule has 1 aliphatic heterocycles. The zero-order valence-corrected chi connectivity index (χ0v) is 19.1. The number of hydrogen-bond donors (Lipinski definition) is 1. The molecule has 34 heavy (non-hydrogen) atoms. The summed E-state index contributed by atoms with van der Waals surface area (Å²) in [6.45, 7) is 2.85. The van der Waals surface area contributed by atoms with E-state index < -0.39 is 10.8 Å². The topological polar surface area (TPSA) is 97.1 Å². The molecule has 1 saturated heterocycles. The van der Waals surface area contributed by atoms with Gasteiger partial charge in [0.15, 0.2) is 6.61 Å². The molecule has 0 spiro atoms. The van der Waals surface area contributed by atoms with Gasteiger partial charge in [-0.1, -0.05) is 43.3 Å². The number of benzene rings is 3. The van der Waals surface area contributed by atoms with E-state index in [0.29, 0.717) is 17.4 Å². The minimum absolute atomic E-state index is 0.0131. The Morgan fingerprint density at radius 3 is 2.85 bits per heavy atom. The lowest BCUT2D eigenvalue weighted by Gasteiger charge is -2.38. The SMILES string of the molecule is CC[C@@H]1CCCCN1c1ccc([N+](=O)[O-])cc1/C=N\NC(=O)COc1cccc2ccccc12. The number of nitrogens with zero attached hydrogens (tertiary/aromatic N) is 3. The Labute approximate surface area is 198 Å². The Hall–Kier alpha value is -3.94. The number of rotatable bonds is 8. The van der Waals surface area contributed by atoms with Gasteiger partial charge in [0.2, 0.25) is 0 Å². The summed E-state index contributed by atoms with van der Waals surface area (Å²) in [4.78, 5) is 25.5. The van der Waals surface area contributed by atoms with Crippen LogP contribution < -0.4 is 15.1 Å². The largest absolute Gasteiger partial charge is 0.483 e. The number of carbonyl (C=O) groups excluding carboxylic acids is 1. The van der Waals surface area contributed by atoms with E-state index in [0.717, 1.165) is 42.3 Å². The van der Waals surface area contributed by atoms with Crippen molar-refractivity contribution < 1.29 is 14.5 Å². The Balaban J connectivity index is 1.46. The number of fused-ring (bicyclic) bond motifs is 1. The number of anilines is 1. The van der Waals surface area contributed by atoms with Crippen molar-refractivity contribution in [1.82, 2.24) is 5.43 Å². The molecule has 1 fully saturated rings. The van der Waals surface area contributed by atoms with Crippen molar-refractivity contribution in [2.75, 3.05) is 18.1 Å². The molecule has 0 bridgehead atoms. The molecular formula is C26H28N4O4. The van der Waals surface area contributed by atoms with Crippen LogP contribution in [0.2, 0.25) is 0 Å². The van der Waals surface area contributed by atoms with Crippen LogP contribution in [0, 0.1) is 10.1 Å². The second-order valence-corrected chi connectivity index (χ2v) is 8.31. The van der Waals surface area contributed by atoms with Crippen LogP contribution in [0.4, 0.5) is 11.4 Å². The van der Waals surface area contributed by atoms with Crippen LogP contribution in [-0.4, -0.2) is 36.2 Å². The number of nitro benzene ring substituents is 1. The number of carbonyl (C=O) groups is 1. The van der Waals surface area contributed by atoms with E-state index >= 15 is 0 Å². The fraction of sp³-hybridized carbons (Fsp3) is 0.308. The maximum atomic E-state index is 12.3. The number of piperidine rings is 1. The van der Waals surface area contributed by atoms with Gasteiger partial charge in [0, 0.05) is 41.4 Å². The number of non-ortho nitro benzene ring substituents is 1. The number of nitro groups is 1. The van der Waals surface area contributed by atoms with Crippen LogP contribution >= 0.6 is 0 Å². The minimum Gasteiger partial charge on any atom is -0.483 e. The molecule has 0 aromatic heterocycles. The van der Waals surface area contributed by atoms with Crippen molar-refractivity contribution in [2.24, 2.45) is 5.10 Å². The molecule has 0 aliphatic carbocycles. The minimum atomic E-state index is -0.425. The van der Waals surface area contributed by atoms with Gasteiger partial charge in [0.05, 0.1) is 11.1 Å². The van der Waals surface area contributed by atoms with E-state index in [2.05, 4.69) is 22.4 Å². The van der Waals surface area contributed by atoms with E-state index in [9.17, 15) is 14.9 Å². The molecule has 1 amide bonds. The smallest absolute Gasteiger partial charge is 0.277 e. The Morgan fingerprint density at radius 2 is 2.03 bits per heavy atom. The maximum absolute atomic E-state index is 12.3. The van der Waals surface area contributed by atoms with Crippen molar-refractivity contribution in [1.29, 1.82) is 0 Å². The Morgan fingerprint density at radius 1 is 1.21 bits per heavy atom. The van der Waals surface area contributed by atoms with Crippen LogP contribution in [0.1, 0.15) is 38.2 Å². The number of amides is 1. The summed E-state index contributed by atoms with van der Waals surface area (Å²) in [6.07, 6.45) is 5.81. The predicted octanol–water partition coefficient (Wildman–Crippen LogP) is 5.05. The highest BCUT2D eigenvalue weighted by Crippen LogP contribution is 2.31. The van der Waals surface area contributed by atoms with Crippen molar-refractivity contribution in [2.45, 2.75) is 38.6 Å². The van der Waals surface area contributed by atoms with Gasteiger partial charge >= 0.3 is 0 Å². The first-order valence-electron chi connectivity index (χ1n) is 11.5. The quantitative estimate of drug-likeness (QED) is 0.288. The third-order valence-corrected chi connectivity index (χ3v) is 6.13. The van der Waals surface area contributed by atoms with E-state index in [1.54, 1.807) is 6.07 Å². The van der Waals surface area contributed by atoms with Crippen LogP contribution in [0.15, 0.2) is 65.8 Å². The highest BCUT2D eigenvalue weighted by atomic mass is 16.6. The van der Waals surface area contributed by atoms with Crippen molar-refractivity contribution >= 4 is 34.3 Å². The first kappa shape index (κ1) is 23.2. The number of hydrazone groups is 1. The van der Waals surface area contributed by atoms with Crippen LogP contribution in [0.5, 0.6) is 5.75 Å². The number of nitrogens with one attached hydrogen (secondary N) is 1. The van der Waals surface area contributed by atoms with Crippen molar-refractivity contribution in [3.8, 4) is 5.75 Å². The molecule has 1 aliphatic rings. The predicted molar refractivity (Wildman–Crippen MR) is 134 cm³/mol. The van der Waals surface area contributed by atoms with E-state index in [1.807, 2.05) is 42.5 Å². The van der Waals surface area contributed by atoms with Gasteiger partial charge in [-0.15, -0.1) is 0 Å². The molecule has 8 heteroatoms. The second-order valence-electron chi connectivity index (χ2n) is 8.31. The van der Waals surface area contributed by atoms with Gasteiger partial charge in [-0.3, -0.25) is 14.9 Å². The fourth-order valence-corrected chi connectivity index (χ4v) is 4.43. The van der Waals surface area contributed by atoms with Gasteiger partial charge in [-0.05, 0) is 43.2 Å². The Bertz CT molecular complexity index is 1210. The molecule has 176 valence electrons. The lowest BCUT2D eigenvalue weighted by Crippen LogP contribution is -2.39. The molecule has 1 N–H and O–H groups in total. The third-order valence-electron chi connectivity index (χ3n) is 6.13. The first-order valence-corrected chi connectivity index (χ1v) is 11.5. The molecule has 3 aromatic carbocycles. The molecule has 0 unspecified atom stereocenters. The average Bonchev–Trinajstić information content (AvgIpc) is 2.87. The standard InChI is InChI=1S/C26H28N4O4/c1-2-21-10-5-6-15-29(21)24-14-13-22(30(32)33)16-20(24)17-27-28-26(31)18-34-25-12-7-9-19-8-3-4-11-23(19)25/h3-4,7-9,11-14,16-17,21H,2,5-6,10,15,18H2,1H3,(H,28,31)/b27-17-/t21-/m1/s1. The van der Waals surface area contributed by atoms with Crippen LogP contribution in [0.25, 0.3) is 10.8 Å². The van der Waals surface area contributed by atoms with E-state index in [4.69, 9.17) is 4.74 Å². The van der Waals surface area contributed by atoms with Gasteiger partial charge in [0.1, 0.15) is 5.75 Å². The maximum Gasteiger partial charge on any atom is 0.277 e. The van der Waals surface area contributed by atoms with Gasteiger partial charge in [-0.25, -0.2) is 5.43 Å². The molecule has 0 saturated carbocycles. The highest BCUT2D eigenvalue weighted by molar-refractivity contribution is 5.91. The summed E-state index contributed by atoms with van der Waals surface area (Å²) in [5.41, 5.74) is 3.95. The first-order chi connectivity index (χ1) is 16.6. The molecule has 3 aromatic rings. The van der Waals surface area contributed by atoms with E-state index in [-0.39, 0.29) is 12.3 Å². The van der Waals surface area contributed by atoms with Gasteiger partial charge in [0.25, 0.3) is 11.6 Å². The lowest BCUT2D eigenvalue weighted by atomic mass is 9.98. The molecule has 1 atom stereocenters. The number of ether oxygens (including phenoxy) is 1. The van der Waals surface area contributed by atoms with Crippen LogP contribution in [-0.2, 0) is 4.79 Å². The normalized spacial score (nSPS) is 16.0. The van der Waals surface area contributed by atoms with Crippen LogP contribution in [0.3, 0.4) is 0 Å². The van der Waals surface area contributed by atoms with E-state index in [1.165, 1.54) is 24.8 Å². The summed E-state index contributed by atoms with van der Waals surface area (Å²) in [6, 6.07) is 18.6. The van der Waals surface area contributed by atoms with Gasteiger partial charge < -0.3 is 9.64 Å². The molecule has 4 rings (SSSR count). The summed E-state index contributed by atoms with van der Waals surface area (Å²) in [5, 5.41) is 17.3.